The number of hydrogen-bond acceptors (Lipinski definition) is 0. The lowest BCUT2D eigenvalue weighted by molar-refractivity contribution is 0.555. The van der Waals surface area contributed by atoms with Gasteiger partial charge in [-0.2, -0.15) is 0 Å². The van der Waals surface area contributed by atoms with Crippen molar-refractivity contribution in [3.05, 3.63) is 68.7 Å². The molecule has 0 nitrogen and oxygen atoms in total. The van der Waals surface area contributed by atoms with Gasteiger partial charge in [0.05, 0.1) is 14.9 Å². The standard InChI is InChI=1S/C14H9BrCl2F2/c1-7-2-5-11(18)12(14(7)19)13(15)8-3-4-9(16)10(17)6-8/h2-6,13H,1H3. The molecule has 0 aromatic heterocycles. The molecule has 0 aliphatic heterocycles. The van der Waals surface area contributed by atoms with E-state index in [0.717, 1.165) is 0 Å². The maximum absolute atomic E-state index is 14.0. The van der Waals surface area contributed by atoms with Crippen LogP contribution in [0.25, 0.3) is 0 Å². The molecule has 0 aliphatic rings. The number of rotatable bonds is 2. The van der Waals surface area contributed by atoms with E-state index in [1.807, 2.05) is 0 Å². The van der Waals surface area contributed by atoms with E-state index < -0.39 is 16.5 Å². The first-order valence-electron chi connectivity index (χ1n) is 5.45. The maximum atomic E-state index is 14.0. The molecule has 0 spiro atoms. The fourth-order valence-electron chi connectivity index (χ4n) is 1.75. The third-order valence-electron chi connectivity index (χ3n) is 2.81. The van der Waals surface area contributed by atoms with Crippen molar-refractivity contribution < 1.29 is 8.78 Å². The lowest BCUT2D eigenvalue weighted by Gasteiger charge is -2.14. The second-order valence-electron chi connectivity index (χ2n) is 4.13. The minimum absolute atomic E-state index is 0.0293. The Kier molecular flexibility index (Phi) is 4.49. The summed E-state index contributed by atoms with van der Waals surface area (Å²) in [5.74, 6) is -1.16. The molecular weight excluding hydrogens is 357 g/mol. The van der Waals surface area contributed by atoms with Crippen molar-refractivity contribution in [1.82, 2.24) is 0 Å². The van der Waals surface area contributed by atoms with Gasteiger partial charge >= 0.3 is 0 Å². The molecule has 2 aromatic rings. The number of aryl methyl sites for hydroxylation is 1. The minimum atomic E-state index is -0.623. The third kappa shape index (κ3) is 2.93. The van der Waals surface area contributed by atoms with Crippen LogP contribution in [0.15, 0.2) is 30.3 Å². The van der Waals surface area contributed by atoms with Crippen LogP contribution in [0.2, 0.25) is 10.0 Å². The summed E-state index contributed by atoms with van der Waals surface area (Å²) < 4.78 is 27.9. The van der Waals surface area contributed by atoms with Crippen molar-refractivity contribution in [3.8, 4) is 0 Å². The Morgan fingerprint density at radius 3 is 2.37 bits per heavy atom. The molecule has 0 saturated carbocycles. The lowest BCUT2D eigenvalue weighted by atomic mass is 10.0. The summed E-state index contributed by atoms with van der Waals surface area (Å²) >= 11 is 15.0. The van der Waals surface area contributed by atoms with Crippen LogP contribution in [0, 0.1) is 18.6 Å². The molecule has 19 heavy (non-hydrogen) atoms. The molecule has 0 heterocycles. The summed E-state index contributed by atoms with van der Waals surface area (Å²) in [6.45, 7) is 1.59. The highest BCUT2D eigenvalue weighted by atomic mass is 79.9. The molecule has 2 aromatic carbocycles. The Bertz CT molecular complexity index is 629. The normalized spacial score (nSPS) is 12.5. The molecule has 2 rings (SSSR count). The molecule has 0 fully saturated rings. The van der Waals surface area contributed by atoms with Crippen molar-refractivity contribution in [1.29, 1.82) is 0 Å². The Labute approximate surface area is 128 Å². The molecule has 1 unspecified atom stereocenters. The van der Waals surface area contributed by atoms with Crippen molar-refractivity contribution >= 4 is 39.1 Å². The van der Waals surface area contributed by atoms with Crippen LogP contribution in [0.3, 0.4) is 0 Å². The first kappa shape index (κ1) is 14.8. The van der Waals surface area contributed by atoms with E-state index in [1.165, 1.54) is 12.1 Å². The summed E-state index contributed by atoms with van der Waals surface area (Å²) in [4.78, 5) is -0.623. The van der Waals surface area contributed by atoms with Gasteiger partial charge < -0.3 is 0 Å². The Balaban J connectivity index is 2.52. The summed E-state index contributed by atoms with van der Waals surface area (Å²) in [6.07, 6.45) is 0. The topological polar surface area (TPSA) is 0 Å². The van der Waals surface area contributed by atoms with Crippen LogP contribution in [-0.2, 0) is 0 Å². The summed E-state index contributed by atoms with van der Waals surface area (Å²) in [6, 6.07) is 7.51. The highest BCUT2D eigenvalue weighted by Crippen LogP contribution is 2.37. The molecule has 0 N–H and O–H groups in total. The zero-order chi connectivity index (χ0) is 14.2. The number of halogens is 5. The highest BCUT2D eigenvalue weighted by Gasteiger charge is 2.21. The quantitative estimate of drug-likeness (QED) is 0.567. The van der Waals surface area contributed by atoms with E-state index in [-0.39, 0.29) is 5.56 Å². The third-order valence-corrected chi connectivity index (χ3v) is 4.53. The van der Waals surface area contributed by atoms with Crippen LogP contribution in [-0.4, -0.2) is 0 Å². The number of benzene rings is 2. The van der Waals surface area contributed by atoms with Crippen LogP contribution in [0.1, 0.15) is 21.5 Å². The lowest BCUT2D eigenvalue weighted by Crippen LogP contribution is -2.02. The largest absolute Gasteiger partial charge is 0.207 e. The van der Waals surface area contributed by atoms with Crippen LogP contribution >= 0.6 is 39.1 Å². The summed E-state index contributed by atoms with van der Waals surface area (Å²) in [5.41, 5.74) is 0.997. The van der Waals surface area contributed by atoms with E-state index in [2.05, 4.69) is 15.9 Å². The minimum Gasteiger partial charge on any atom is -0.207 e. The van der Waals surface area contributed by atoms with E-state index in [9.17, 15) is 8.78 Å². The Morgan fingerprint density at radius 1 is 1.05 bits per heavy atom. The molecule has 0 saturated heterocycles. The predicted octanol–water partition coefficient (Wildman–Crippen LogP) is 6.06. The monoisotopic (exact) mass is 364 g/mol. The number of hydrogen-bond donors (Lipinski definition) is 0. The van der Waals surface area contributed by atoms with Crippen molar-refractivity contribution in [2.75, 3.05) is 0 Å². The molecule has 100 valence electrons. The Hall–Kier alpha value is -0.640. The van der Waals surface area contributed by atoms with Gasteiger partial charge in [0.25, 0.3) is 0 Å². The summed E-state index contributed by atoms with van der Waals surface area (Å²) in [5, 5.41) is 0.743. The first-order chi connectivity index (χ1) is 8.91. The fraction of sp³-hybridized carbons (Fsp3) is 0.143. The van der Waals surface area contributed by atoms with E-state index >= 15 is 0 Å². The van der Waals surface area contributed by atoms with Crippen molar-refractivity contribution in [3.63, 3.8) is 0 Å². The SMILES string of the molecule is Cc1ccc(F)c(C(Br)c2ccc(Cl)c(Cl)c2)c1F. The molecule has 0 amide bonds. The van der Waals surface area contributed by atoms with Gasteiger partial charge in [0.15, 0.2) is 0 Å². The summed E-state index contributed by atoms with van der Waals surface area (Å²) in [7, 11) is 0. The van der Waals surface area contributed by atoms with Gasteiger partial charge in [0.2, 0.25) is 0 Å². The molecule has 5 heteroatoms. The Morgan fingerprint density at radius 2 is 1.74 bits per heavy atom. The van der Waals surface area contributed by atoms with Gasteiger partial charge in [-0.15, -0.1) is 0 Å². The molecule has 1 atom stereocenters. The number of alkyl halides is 1. The van der Waals surface area contributed by atoms with Gasteiger partial charge in [-0.05, 0) is 36.2 Å². The zero-order valence-corrected chi connectivity index (χ0v) is 13.0. The van der Waals surface area contributed by atoms with Gasteiger partial charge in [-0.3, -0.25) is 0 Å². The molecular formula is C14H9BrCl2F2. The first-order valence-corrected chi connectivity index (χ1v) is 7.12. The van der Waals surface area contributed by atoms with Gasteiger partial charge in [-0.25, -0.2) is 8.78 Å². The van der Waals surface area contributed by atoms with E-state index in [0.29, 0.717) is 21.2 Å². The predicted molar refractivity (Wildman–Crippen MR) is 78.3 cm³/mol. The van der Waals surface area contributed by atoms with Crippen LogP contribution in [0.5, 0.6) is 0 Å². The van der Waals surface area contributed by atoms with Gasteiger partial charge in [0, 0.05) is 5.56 Å². The average molecular weight is 366 g/mol. The van der Waals surface area contributed by atoms with E-state index in [4.69, 9.17) is 23.2 Å². The molecule has 0 aliphatic carbocycles. The van der Waals surface area contributed by atoms with Gasteiger partial charge in [-0.1, -0.05) is 51.3 Å². The zero-order valence-electron chi connectivity index (χ0n) is 9.85. The van der Waals surface area contributed by atoms with Crippen LogP contribution < -0.4 is 0 Å². The average Bonchev–Trinajstić information content (AvgIpc) is 2.37. The van der Waals surface area contributed by atoms with Crippen LogP contribution in [0.4, 0.5) is 8.78 Å². The fourth-order valence-corrected chi connectivity index (χ4v) is 2.76. The highest BCUT2D eigenvalue weighted by molar-refractivity contribution is 9.09. The molecule has 0 bridgehead atoms. The van der Waals surface area contributed by atoms with Crippen molar-refractivity contribution in [2.45, 2.75) is 11.8 Å². The molecule has 0 radical (unpaired) electrons. The second-order valence-corrected chi connectivity index (χ2v) is 5.86. The van der Waals surface area contributed by atoms with E-state index in [1.54, 1.807) is 25.1 Å². The smallest absolute Gasteiger partial charge is 0.133 e. The second kappa shape index (κ2) is 5.78. The van der Waals surface area contributed by atoms with Gasteiger partial charge in [0.1, 0.15) is 11.6 Å². The van der Waals surface area contributed by atoms with Crippen molar-refractivity contribution in [2.24, 2.45) is 0 Å². The maximum Gasteiger partial charge on any atom is 0.133 e.